The molecule has 1 aromatic heterocycles. The highest BCUT2D eigenvalue weighted by Gasteiger charge is 2.32. The summed E-state index contributed by atoms with van der Waals surface area (Å²) in [6.45, 7) is 5.53. The zero-order chi connectivity index (χ0) is 22.0. The second-order valence-electron chi connectivity index (χ2n) is 8.42. The first-order valence-corrected chi connectivity index (χ1v) is 13.0. The number of carbonyl (C=O) groups is 1. The lowest BCUT2D eigenvalue weighted by molar-refractivity contribution is -0.117. The Morgan fingerprint density at radius 1 is 1.16 bits per heavy atom. The lowest BCUT2D eigenvalue weighted by atomic mass is 10.3. The minimum absolute atomic E-state index is 0.0893. The second kappa shape index (κ2) is 9.38. The predicted molar refractivity (Wildman–Crippen MR) is 122 cm³/mol. The van der Waals surface area contributed by atoms with Crippen LogP contribution in [0.25, 0.3) is 0 Å². The van der Waals surface area contributed by atoms with Crippen LogP contribution >= 0.6 is 11.3 Å². The molecule has 31 heavy (non-hydrogen) atoms. The topological polar surface area (TPSA) is 79.0 Å². The van der Waals surface area contributed by atoms with Crippen molar-refractivity contribution in [2.75, 3.05) is 25.0 Å². The number of hydrogen-bond acceptors (Lipinski definition) is 6. The highest BCUT2D eigenvalue weighted by molar-refractivity contribution is 7.89. The maximum Gasteiger partial charge on any atom is 0.243 e. The molecule has 2 heterocycles. The van der Waals surface area contributed by atoms with Gasteiger partial charge in [0.1, 0.15) is 0 Å². The number of carbonyl (C=O) groups excluding carboxylic acids is 1. The summed E-state index contributed by atoms with van der Waals surface area (Å²) in [5.41, 5.74) is 1.82. The molecule has 1 amide bonds. The van der Waals surface area contributed by atoms with Crippen molar-refractivity contribution >= 4 is 33.0 Å². The molecular formula is C22H29N3O4S2. The molecule has 9 heteroatoms. The van der Waals surface area contributed by atoms with Crippen LogP contribution in [0.15, 0.2) is 46.0 Å². The monoisotopic (exact) mass is 463 g/mol. The Kier molecular flexibility index (Phi) is 6.78. The third-order valence-electron chi connectivity index (χ3n) is 5.54. The van der Waals surface area contributed by atoms with Crippen molar-refractivity contribution in [1.82, 2.24) is 9.21 Å². The minimum Gasteiger partial charge on any atom is -0.373 e. The van der Waals surface area contributed by atoms with Crippen LogP contribution in [0.3, 0.4) is 0 Å². The standard InChI is InChI=1S/C22H29N3O4S2/c1-16-11-25(12-17(2)29-16)31(27,28)21-7-3-19(4-8-21)23-22(26)14-24(20-5-6-20)13-18-9-10-30-15-18/h3-4,7-10,15-17,20H,5-6,11-14H2,1-2H3,(H,23,26). The van der Waals surface area contributed by atoms with Gasteiger partial charge < -0.3 is 10.1 Å². The second-order valence-corrected chi connectivity index (χ2v) is 11.1. The Bertz CT molecular complexity index is 978. The first-order valence-electron chi connectivity index (χ1n) is 10.6. The Balaban J connectivity index is 1.37. The third kappa shape index (κ3) is 5.72. The molecule has 0 radical (unpaired) electrons. The van der Waals surface area contributed by atoms with E-state index in [9.17, 15) is 13.2 Å². The van der Waals surface area contributed by atoms with Crippen LogP contribution in [-0.4, -0.2) is 61.4 Å². The number of amides is 1. The molecule has 2 atom stereocenters. The number of rotatable bonds is 8. The van der Waals surface area contributed by atoms with Gasteiger partial charge in [0.15, 0.2) is 0 Å². The van der Waals surface area contributed by atoms with Gasteiger partial charge in [-0.15, -0.1) is 0 Å². The summed E-state index contributed by atoms with van der Waals surface area (Å²) < 4.78 is 33.0. The largest absolute Gasteiger partial charge is 0.373 e. The summed E-state index contributed by atoms with van der Waals surface area (Å²) in [5, 5.41) is 7.06. The predicted octanol–water partition coefficient (Wildman–Crippen LogP) is 3.15. The molecule has 2 fully saturated rings. The molecule has 0 spiro atoms. The van der Waals surface area contributed by atoms with Gasteiger partial charge in [-0.3, -0.25) is 9.69 Å². The number of benzene rings is 1. The van der Waals surface area contributed by atoms with Crippen molar-refractivity contribution in [1.29, 1.82) is 0 Å². The summed E-state index contributed by atoms with van der Waals surface area (Å²) in [7, 11) is -3.59. The molecule has 2 aliphatic rings. The van der Waals surface area contributed by atoms with Crippen LogP contribution in [0.5, 0.6) is 0 Å². The number of nitrogens with zero attached hydrogens (tertiary/aromatic N) is 2. The van der Waals surface area contributed by atoms with Gasteiger partial charge in [-0.1, -0.05) is 0 Å². The molecule has 2 aromatic rings. The van der Waals surface area contributed by atoms with Crippen LogP contribution in [0.1, 0.15) is 32.3 Å². The van der Waals surface area contributed by atoms with Gasteiger partial charge in [0, 0.05) is 31.4 Å². The lowest BCUT2D eigenvalue weighted by Gasteiger charge is -2.34. The van der Waals surface area contributed by atoms with E-state index in [1.165, 1.54) is 9.87 Å². The first-order chi connectivity index (χ1) is 14.8. The summed E-state index contributed by atoms with van der Waals surface area (Å²) in [6.07, 6.45) is 1.98. The third-order valence-corrected chi connectivity index (χ3v) is 8.12. The number of ether oxygens (including phenoxy) is 1. The first kappa shape index (κ1) is 22.4. The summed E-state index contributed by atoms with van der Waals surface area (Å²) >= 11 is 1.66. The van der Waals surface area contributed by atoms with E-state index in [0.717, 1.165) is 19.4 Å². The Morgan fingerprint density at radius 3 is 2.42 bits per heavy atom. The van der Waals surface area contributed by atoms with E-state index in [1.807, 2.05) is 19.2 Å². The normalized spacial score (nSPS) is 22.5. The Hall–Kier alpha value is -1.78. The van der Waals surface area contributed by atoms with Crippen LogP contribution in [-0.2, 0) is 26.1 Å². The number of morpholine rings is 1. The number of nitrogens with one attached hydrogen (secondary N) is 1. The molecule has 0 bridgehead atoms. The fraction of sp³-hybridized carbons (Fsp3) is 0.500. The average molecular weight is 464 g/mol. The van der Waals surface area contributed by atoms with Crippen molar-refractivity contribution in [2.24, 2.45) is 0 Å². The zero-order valence-corrected chi connectivity index (χ0v) is 19.5. The maximum atomic E-state index is 13.0. The van der Waals surface area contributed by atoms with Gasteiger partial charge in [-0.25, -0.2) is 8.42 Å². The Labute approximate surface area is 188 Å². The number of hydrogen-bond donors (Lipinski definition) is 1. The maximum absolute atomic E-state index is 13.0. The van der Waals surface area contributed by atoms with E-state index < -0.39 is 10.0 Å². The van der Waals surface area contributed by atoms with Crippen molar-refractivity contribution in [3.05, 3.63) is 46.7 Å². The molecule has 1 aliphatic heterocycles. The van der Waals surface area contributed by atoms with Crippen LogP contribution < -0.4 is 5.32 Å². The number of anilines is 1. The molecule has 168 valence electrons. The van der Waals surface area contributed by atoms with Crippen molar-refractivity contribution in [3.63, 3.8) is 0 Å². The van der Waals surface area contributed by atoms with Gasteiger partial charge in [-0.05, 0) is 73.3 Å². The highest BCUT2D eigenvalue weighted by Crippen LogP contribution is 2.28. The van der Waals surface area contributed by atoms with E-state index in [1.54, 1.807) is 35.6 Å². The molecule has 1 aliphatic carbocycles. The quantitative estimate of drug-likeness (QED) is 0.651. The van der Waals surface area contributed by atoms with Crippen LogP contribution in [0.2, 0.25) is 0 Å². The summed E-state index contributed by atoms with van der Waals surface area (Å²) in [6, 6.07) is 8.97. The number of sulfonamides is 1. The molecule has 1 saturated carbocycles. The van der Waals surface area contributed by atoms with Crippen LogP contribution in [0.4, 0.5) is 5.69 Å². The lowest BCUT2D eigenvalue weighted by Crippen LogP contribution is -2.48. The van der Waals surface area contributed by atoms with Crippen molar-refractivity contribution < 1.29 is 17.9 Å². The SMILES string of the molecule is CC1CN(S(=O)(=O)c2ccc(NC(=O)CN(Cc3ccsc3)C3CC3)cc2)CC(C)O1. The smallest absolute Gasteiger partial charge is 0.243 e. The van der Waals surface area contributed by atoms with E-state index in [4.69, 9.17) is 4.74 Å². The van der Waals surface area contributed by atoms with Gasteiger partial charge in [0.05, 0.1) is 23.6 Å². The molecule has 2 unspecified atom stereocenters. The molecule has 1 saturated heterocycles. The fourth-order valence-corrected chi connectivity index (χ4v) is 6.19. The van der Waals surface area contributed by atoms with Gasteiger partial charge in [0.2, 0.25) is 15.9 Å². The van der Waals surface area contributed by atoms with E-state index in [-0.39, 0.29) is 23.0 Å². The van der Waals surface area contributed by atoms with E-state index >= 15 is 0 Å². The zero-order valence-electron chi connectivity index (χ0n) is 17.9. The molecule has 7 nitrogen and oxygen atoms in total. The van der Waals surface area contributed by atoms with Crippen molar-refractivity contribution in [2.45, 2.75) is 56.4 Å². The number of thiophene rings is 1. The summed E-state index contributed by atoms with van der Waals surface area (Å²) in [4.78, 5) is 15.0. The van der Waals surface area contributed by atoms with E-state index in [2.05, 4.69) is 21.7 Å². The summed E-state index contributed by atoms with van der Waals surface area (Å²) in [5.74, 6) is -0.0893. The van der Waals surface area contributed by atoms with Crippen LogP contribution in [0, 0.1) is 0 Å². The van der Waals surface area contributed by atoms with Crippen molar-refractivity contribution in [3.8, 4) is 0 Å². The average Bonchev–Trinajstić information content (AvgIpc) is 3.44. The minimum atomic E-state index is -3.59. The Morgan fingerprint density at radius 2 is 1.84 bits per heavy atom. The van der Waals surface area contributed by atoms with Gasteiger partial charge in [-0.2, -0.15) is 15.6 Å². The van der Waals surface area contributed by atoms with Gasteiger partial charge >= 0.3 is 0 Å². The van der Waals surface area contributed by atoms with E-state index in [0.29, 0.717) is 31.4 Å². The van der Waals surface area contributed by atoms with Gasteiger partial charge in [0.25, 0.3) is 0 Å². The highest BCUT2D eigenvalue weighted by atomic mass is 32.2. The fourth-order valence-electron chi connectivity index (χ4n) is 3.94. The molecule has 1 N–H and O–H groups in total. The molecule has 1 aromatic carbocycles. The molecular weight excluding hydrogens is 434 g/mol. The molecule has 4 rings (SSSR count).